The number of nitrogens with zero attached hydrogens (tertiary/aromatic N) is 3. The molecule has 1 N–H and O–H groups in total. The Hall–Kier alpha value is -1.34. The Morgan fingerprint density at radius 2 is 2.00 bits per heavy atom. The summed E-state index contributed by atoms with van der Waals surface area (Å²) in [5, 5.41) is 6.98. The van der Waals surface area contributed by atoms with E-state index in [0.717, 1.165) is 10.0 Å². The molecule has 1 aromatic heterocycles. The Bertz CT molecular complexity index is 634. The van der Waals surface area contributed by atoms with Crippen LogP contribution >= 0.6 is 27.7 Å². The molecule has 0 saturated heterocycles. The summed E-state index contributed by atoms with van der Waals surface area (Å²) in [6, 6.07) is 8.01. The van der Waals surface area contributed by atoms with Crippen molar-refractivity contribution in [2.45, 2.75) is 32.1 Å². The van der Waals surface area contributed by atoms with Crippen LogP contribution in [-0.2, 0) is 11.3 Å². The Morgan fingerprint density at radius 1 is 1.32 bits per heavy atom. The molecule has 7 heteroatoms. The van der Waals surface area contributed by atoms with Crippen LogP contribution in [0.2, 0.25) is 0 Å². The summed E-state index contributed by atoms with van der Waals surface area (Å²) >= 11 is 5.00. The van der Waals surface area contributed by atoms with Gasteiger partial charge in [-0.1, -0.05) is 48.8 Å². The van der Waals surface area contributed by atoms with Crippen LogP contribution in [0, 0.1) is 0 Å². The first kappa shape index (κ1) is 17.0. The van der Waals surface area contributed by atoms with E-state index < -0.39 is 0 Å². The molecule has 0 aliphatic heterocycles. The molecular weight excluding hydrogens is 364 g/mol. The minimum absolute atomic E-state index is 0.0612. The fraction of sp³-hybridized carbons (Fsp3) is 0.400. The summed E-state index contributed by atoms with van der Waals surface area (Å²) in [5.41, 5.74) is 1.12. The largest absolute Gasteiger partial charge is 0.293 e. The lowest BCUT2D eigenvalue weighted by Gasteiger charge is -2.16. The highest BCUT2D eigenvalue weighted by molar-refractivity contribution is 9.10. The van der Waals surface area contributed by atoms with Crippen LogP contribution in [0.1, 0.15) is 26.3 Å². The molecule has 2 aromatic rings. The van der Waals surface area contributed by atoms with E-state index in [4.69, 9.17) is 0 Å². The second-order valence-electron chi connectivity index (χ2n) is 5.84. The van der Waals surface area contributed by atoms with Crippen molar-refractivity contribution in [3.63, 3.8) is 0 Å². The first-order valence-corrected chi connectivity index (χ1v) is 8.67. The van der Waals surface area contributed by atoms with Crippen LogP contribution < -0.4 is 5.32 Å². The van der Waals surface area contributed by atoms with E-state index in [2.05, 4.69) is 52.1 Å². The van der Waals surface area contributed by atoms with Gasteiger partial charge in [-0.15, -0.1) is 16.9 Å². The average molecular weight is 383 g/mol. The fourth-order valence-electron chi connectivity index (χ4n) is 1.65. The molecule has 118 valence electrons. The van der Waals surface area contributed by atoms with Crippen LogP contribution in [0.25, 0.3) is 0 Å². The molecule has 0 fully saturated rings. The number of aromatic nitrogens is 3. The van der Waals surface area contributed by atoms with E-state index >= 15 is 0 Å². The zero-order valence-corrected chi connectivity index (χ0v) is 15.2. The number of thioether (sulfide) groups is 1. The van der Waals surface area contributed by atoms with E-state index in [0.29, 0.717) is 18.2 Å². The smallest absolute Gasteiger partial charge is 0.248 e. The number of hydrogen-bond acceptors (Lipinski definition) is 4. The summed E-state index contributed by atoms with van der Waals surface area (Å²) in [4.78, 5) is 16.0. The molecule has 22 heavy (non-hydrogen) atoms. The quantitative estimate of drug-likeness (QED) is 0.858. The lowest BCUT2D eigenvalue weighted by Crippen LogP contribution is -2.19. The second kappa shape index (κ2) is 7.28. The van der Waals surface area contributed by atoms with E-state index in [1.54, 1.807) is 22.8 Å². The zero-order valence-electron chi connectivity index (χ0n) is 12.8. The van der Waals surface area contributed by atoms with Crippen LogP contribution in [0.3, 0.4) is 0 Å². The van der Waals surface area contributed by atoms with Crippen molar-refractivity contribution >= 4 is 39.5 Å². The molecule has 0 aliphatic carbocycles. The predicted molar refractivity (Wildman–Crippen MR) is 94.1 cm³/mol. The van der Waals surface area contributed by atoms with Gasteiger partial charge in [0.2, 0.25) is 11.9 Å². The molecule has 0 aliphatic rings. The molecule has 1 heterocycles. The number of carbonyl (C=O) groups excluding carboxylic acids is 1. The van der Waals surface area contributed by atoms with Gasteiger partial charge in [-0.25, -0.2) is 9.67 Å². The molecule has 5 nitrogen and oxygen atoms in total. The molecule has 0 bridgehead atoms. The van der Waals surface area contributed by atoms with E-state index in [9.17, 15) is 4.79 Å². The van der Waals surface area contributed by atoms with Crippen LogP contribution in [-0.4, -0.2) is 31.2 Å². The van der Waals surface area contributed by atoms with Crippen molar-refractivity contribution in [3.8, 4) is 0 Å². The van der Waals surface area contributed by atoms with Gasteiger partial charge in [0.25, 0.3) is 0 Å². The minimum atomic E-state index is -0.0821. The number of hydrogen-bond donors (Lipinski definition) is 1. The molecule has 0 radical (unpaired) electrons. The van der Waals surface area contributed by atoms with Gasteiger partial charge in [-0.3, -0.25) is 10.1 Å². The van der Waals surface area contributed by atoms with Crippen molar-refractivity contribution in [3.05, 3.63) is 40.6 Å². The summed E-state index contributed by atoms with van der Waals surface area (Å²) in [5.74, 6) is 0.656. The maximum absolute atomic E-state index is 11.8. The zero-order chi connectivity index (χ0) is 16.2. The molecule has 0 unspecified atom stereocenters. The van der Waals surface area contributed by atoms with Gasteiger partial charge < -0.3 is 0 Å². The van der Waals surface area contributed by atoms with E-state index in [1.807, 2.05) is 24.3 Å². The van der Waals surface area contributed by atoms with Crippen LogP contribution in [0.4, 0.5) is 5.95 Å². The van der Waals surface area contributed by atoms with Crippen LogP contribution in [0.5, 0.6) is 0 Å². The van der Waals surface area contributed by atoms with Gasteiger partial charge in [0.1, 0.15) is 6.33 Å². The van der Waals surface area contributed by atoms with Crippen molar-refractivity contribution in [1.29, 1.82) is 0 Å². The van der Waals surface area contributed by atoms with Gasteiger partial charge >= 0.3 is 0 Å². The number of anilines is 1. The lowest BCUT2D eigenvalue weighted by atomic mass is 10.2. The first-order valence-electron chi connectivity index (χ1n) is 6.89. The average Bonchev–Trinajstić information content (AvgIpc) is 2.86. The molecule has 0 atom stereocenters. The topological polar surface area (TPSA) is 59.8 Å². The molecule has 1 aromatic carbocycles. The van der Waals surface area contributed by atoms with Crippen LogP contribution in [0.15, 0.2) is 35.1 Å². The summed E-state index contributed by atoms with van der Waals surface area (Å²) in [6.07, 6.45) is 1.62. The maximum atomic E-state index is 11.8. The lowest BCUT2D eigenvalue weighted by molar-refractivity contribution is -0.113. The monoisotopic (exact) mass is 382 g/mol. The molecule has 0 spiro atoms. The number of rotatable bonds is 5. The summed E-state index contributed by atoms with van der Waals surface area (Å²) in [6.45, 7) is 6.86. The fourth-order valence-corrected chi connectivity index (χ4v) is 2.55. The predicted octanol–water partition coefficient (Wildman–Crippen LogP) is 3.56. The van der Waals surface area contributed by atoms with Gasteiger partial charge in [-0.05, 0) is 17.7 Å². The number of halogens is 1. The maximum Gasteiger partial charge on any atom is 0.248 e. The van der Waals surface area contributed by atoms with Gasteiger partial charge in [-0.2, -0.15) is 0 Å². The Morgan fingerprint density at radius 3 is 2.64 bits per heavy atom. The summed E-state index contributed by atoms with van der Waals surface area (Å²) < 4.78 is 2.81. The summed E-state index contributed by atoms with van der Waals surface area (Å²) in [7, 11) is 0. The van der Waals surface area contributed by atoms with Gasteiger partial charge in [0, 0.05) is 9.22 Å². The number of nitrogens with one attached hydrogen (secondary N) is 1. The Balaban J connectivity index is 1.88. The number of carbonyl (C=O) groups is 1. The third kappa shape index (κ3) is 5.81. The van der Waals surface area contributed by atoms with E-state index in [1.165, 1.54) is 0 Å². The van der Waals surface area contributed by atoms with Crippen molar-refractivity contribution in [1.82, 2.24) is 14.8 Å². The molecule has 0 saturated carbocycles. The Labute approximate surface area is 143 Å². The molecule has 2 rings (SSSR count). The SMILES string of the molecule is CC(C)(C)SCC(=O)Nc1ncn(Cc2ccc(Br)cc2)n1. The van der Waals surface area contributed by atoms with Gasteiger partial charge in [0.15, 0.2) is 0 Å². The van der Waals surface area contributed by atoms with Crippen molar-refractivity contribution in [2.75, 3.05) is 11.1 Å². The Kier molecular flexibility index (Phi) is 5.63. The normalized spacial score (nSPS) is 11.5. The third-order valence-corrected chi connectivity index (χ3v) is 4.48. The minimum Gasteiger partial charge on any atom is -0.293 e. The third-order valence-electron chi connectivity index (χ3n) is 2.68. The van der Waals surface area contributed by atoms with E-state index in [-0.39, 0.29) is 10.7 Å². The highest BCUT2D eigenvalue weighted by Crippen LogP contribution is 2.22. The number of benzene rings is 1. The molecular formula is C15H19BrN4OS. The first-order chi connectivity index (χ1) is 10.3. The van der Waals surface area contributed by atoms with Gasteiger partial charge in [0.05, 0.1) is 12.3 Å². The highest BCUT2D eigenvalue weighted by atomic mass is 79.9. The highest BCUT2D eigenvalue weighted by Gasteiger charge is 2.14. The standard InChI is InChI=1S/C15H19BrN4OS/c1-15(2,3)22-9-13(21)18-14-17-10-20(19-14)8-11-4-6-12(16)7-5-11/h4-7,10H,8-9H2,1-3H3,(H,18,19,21). The molecule has 1 amide bonds. The second-order valence-corrected chi connectivity index (χ2v) is 8.56. The van der Waals surface area contributed by atoms with Crippen molar-refractivity contribution in [2.24, 2.45) is 0 Å². The van der Waals surface area contributed by atoms with Crippen molar-refractivity contribution < 1.29 is 4.79 Å². The number of amides is 1.